The van der Waals surface area contributed by atoms with Gasteiger partial charge in [0.05, 0.1) is 15.9 Å². The zero-order valence-corrected chi connectivity index (χ0v) is 17.6. The lowest BCUT2D eigenvalue weighted by Crippen LogP contribution is -2.32. The summed E-state index contributed by atoms with van der Waals surface area (Å²) < 4.78 is 27.2. The minimum Gasteiger partial charge on any atom is -0.335 e. The second-order valence-corrected chi connectivity index (χ2v) is 8.61. The Balaban J connectivity index is 2.19. The van der Waals surface area contributed by atoms with Crippen molar-refractivity contribution in [2.75, 3.05) is 7.05 Å². The molecular formula is C20H25N3O5S. The number of non-ortho nitro benzene ring substituents is 1. The summed E-state index contributed by atoms with van der Waals surface area (Å²) in [7, 11) is -2.05. The number of nitro benzene ring substituents is 1. The maximum absolute atomic E-state index is 12.8. The van der Waals surface area contributed by atoms with E-state index in [1.165, 1.54) is 41.3 Å². The summed E-state index contributed by atoms with van der Waals surface area (Å²) in [6.07, 6.45) is 0.663. The number of nitrogens with one attached hydrogen (secondary N) is 1. The smallest absolute Gasteiger partial charge is 0.269 e. The molecule has 0 aliphatic heterocycles. The SMILES string of the molecule is CC[C@@H](C)NS(=O)(=O)c1ccc(C(=O)N(C)[C@@H](C)c2cccc([N+](=O)[O-])c2)cc1. The summed E-state index contributed by atoms with van der Waals surface area (Å²) in [5.74, 6) is -0.317. The average Bonchev–Trinajstić information content (AvgIpc) is 2.71. The Morgan fingerprint density at radius 2 is 1.79 bits per heavy atom. The van der Waals surface area contributed by atoms with Crippen LogP contribution in [0.5, 0.6) is 0 Å². The lowest BCUT2D eigenvalue weighted by molar-refractivity contribution is -0.384. The molecule has 29 heavy (non-hydrogen) atoms. The average molecular weight is 420 g/mol. The van der Waals surface area contributed by atoms with Crippen LogP contribution in [-0.2, 0) is 10.0 Å². The number of amides is 1. The predicted molar refractivity (Wildman–Crippen MR) is 110 cm³/mol. The summed E-state index contributed by atoms with van der Waals surface area (Å²) in [6.45, 7) is 5.43. The molecule has 8 nitrogen and oxygen atoms in total. The van der Waals surface area contributed by atoms with Gasteiger partial charge >= 0.3 is 0 Å². The third-order valence-corrected chi connectivity index (χ3v) is 6.45. The highest BCUT2D eigenvalue weighted by molar-refractivity contribution is 7.89. The van der Waals surface area contributed by atoms with Gasteiger partial charge in [-0.1, -0.05) is 19.1 Å². The Kier molecular flexibility index (Phi) is 7.10. The lowest BCUT2D eigenvalue weighted by atomic mass is 10.1. The minimum absolute atomic E-state index is 0.0430. The molecule has 2 rings (SSSR count). The third-order valence-electron chi connectivity index (χ3n) is 4.85. The van der Waals surface area contributed by atoms with E-state index in [-0.39, 0.29) is 22.5 Å². The fraction of sp³-hybridized carbons (Fsp3) is 0.350. The second-order valence-electron chi connectivity index (χ2n) is 6.90. The summed E-state index contributed by atoms with van der Waals surface area (Å²) >= 11 is 0. The third kappa shape index (κ3) is 5.39. The van der Waals surface area contributed by atoms with Crippen molar-refractivity contribution in [3.8, 4) is 0 Å². The van der Waals surface area contributed by atoms with Crippen molar-refractivity contribution in [3.05, 3.63) is 69.8 Å². The topological polar surface area (TPSA) is 110 Å². The Labute approximate surface area is 170 Å². The number of carbonyl (C=O) groups is 1. The zero-order valence-electron chi connectivity index (χ0n) is 16.8. The first-order chi connectivity index (χ1) is 13.6. The van der Waals surface area contributed by atoms with Crippen molar-refractivity contribution in [2.24, 2.45) is 0 Å². The highest BCUT2D eigenvalue weighted by Crippen LogP contribution is 2.24. The van der Waals surface area contributed by atoms with Gasteiger partial charge in [0.15, 0.2) is 0 Å². The molecule has 0 unspecified atom stereocenters. The molecule has 0 saturated carbocycles. The van der Waals surface area contributed by atoms with Gasteiger partial charge in [-0.05, 0) is 50.1 Å². The van der Waals surface area contributed by atoms with E-state index in [1.807, 2.05) is 6.92 Å². The Morgan fingerprint density at radius 3 is 2.34 bits per heavy atom. The number of rotatable bonds is 8. The number of nitro groups is 1. The molecule has 2 aromatic carbocycles. The predicted octanol–water partition coefficient (Wildman–Crippen LogP) is 3.50. The molecule has 2 aromatic rings. The highest BCUT2D eigenvalue weighted by atomic mass is 32.2. The van der Waals surface area contributed by atoms with Gasteiger partial charge in [0.25, 0.3) is 11.6 Å². The normalized spacial score (nSPS) is 13.5. The summed E-state index contributed by atoms with van der Waals surface area (Å²) in [5, 5.41) is 11.0. The first-order valence-corrected chi connectivity index (χ1v) is 10.7. The van der Waals surface area contributed by atoms with Gasteiger partial charge in [-0.25, -0.2) is 13.1 Å². The maximum atomic E-state index is 12.8. The van der Waals surface area contributed by atoms with E-state index in [0.29, 0.717) is 17.5 Å². The van der Waals surface area contributed by atoms with Crippen LogP contribution in [0, 0.1) is 10.1 Å². The molecule has 156 valence electrons. The molecule has 0 radical (unpaired) electrons. The number of carbonyl (C=O) groups excluding carboxylic acids is 1. The molecular weight excluding hydrogens is 394 g/mol. The van der Waals surface area contributed by atoms with Crippen LogP contribution in [0.3, 0.4) is 0 Å². The Hall–Kier alpha value is -2.78. The van der Waals surface area contributed by atoms with Crippen LogP contribution in [0.1, 0.15) is 49.2 Å². The summed E-state index contributed by atoms with van der Waals surface area (Å²) in [4.78, 5) is 24.8. The van der Waals surface area contributed by atoms with Crippen LogP contribution < -0.4 is 4.72 Å². The van der Waals surface area contributed by atoms with Gasteiger partial charge in [0.2, 0.25) is 10.0 Å². The Morgan fingerprint density at radius 1 is 1.17 bits per heavy atom. The summed E-state index contributed by atoms with van der Waals surface area (Å²) in [5.41, 5.74) is 0.915. The van der Waals surface area contributed by atoms with E-state index in [2.05, 4.69) is 4.72 Å². The molecule has 0 spiro atoms. The number of hydrogen-bond acceptors (Lipinski definition) is 5. The van der Waals surface area contributed by atoms with Crippen LogP contribution in [0.2, 0.25) is 0 Å². The number of nitrogens with zero attached hydrogens (tertiary/aromatic N) is 2. The van der Waals surface area contributed by atoms with Crippen molar-refractivity contribution in [2.45, 2.75) is 44.2 Å². The van der Waals surface area contributed by atoms with E-state index in [1.54, 1.807) is 33.0 Å². The fourth-order valence-electron chi connectivity index (χ4n) is 2.69. The molecule has 0 fully saturated rings. The van der Waals surface area contributed by atoms with E-state index >= 15 is 0 Å². The van der Waals surface area contributed by atoms with E-state index in [4.69, 9.17) is 0 Å². The van der Waals surface area contributed by atoms with Crippen LogP contribution >= 0.6 is 0 Å². The van der Waals surface area contributed by atoms with Gasteiger partial charge in [-0.15, -0.1) is 0 Å². The van der Waals surface area contributed by atoms with Crippen LogP contribution in [0.4, 0.5) is 5.69 Å². The van der Waals surface area contributed by atoms with Gasteiger partial charge in [0.1, 0.15) is 0 Å². The molecule has 0 bridgehead atoms. The van der Waals surface area contributed by atoms with E-state index in [9.17, 15) is 23.3 Å². The number of benzene rings is 2. The first-order valence-electron chi connectivity index (χ1n) is 9.20. The first kappa shape index (κ1) is 22.5. The van der Waals surface area contributed by atoms with E-state index in [0.717, 1.165) is 0 Å². The largest absolute Gasteiger partial charge is 0.335 e. The van der Waals surface area contributed by atoms with Crippen LogP contribution in [-0.4, -0.2) is 37.2 Å². The van der Waals surface area contributed by atoms with Crippen molar-refractivity contribution < 1.29 is 18.1 Å². The monoisotopic (exact) mass is 419 g/mol. The van der Waals surface area contributed by atoms with Crippen molar-refractivity contribution in [1.82, 2.24) is 9.62 Å². The molecule has 1 amide bonds. The van der Waals surface area contributed by atoms with Gasteiger partial charge in [0, 0.05) is 30.8 Å². The fourth-order valence-corrected chi connectivity index (χ4v) is 4.02. The molecule has 2 atom stereocenters. The summed E-state index contributed by atoms with van der Waals surface area (Å²) in [6, 6.07) is 11.2. The van der Waals surface area contributed by atoms with Crippen LogP contribution in [0.25, 0.3) is 0 Å². The van der Waals surface area contributed by atoms with Crippen molar-refractivity contribution in [1.29, 1.82) is 0 Å². The molecule has 0 saturated heterocycles. The molecule has 0 aliphatic rings. The Bertz CT molecular complexity index is 989. The molecule has 9 heteroatoms. The zero-order chi connectivity index (χ0) is 21.8. The van der Waals surface area contributed by atoms with Crippen LogP contribution in [0.15, 0.2) is 53.4 Å². The quantitative estimate of drug-likeness (QED) is 0.520. The maximum Gasteiger partial charge on any atom is 0.269 e. The molecule has 1 N–H and O–H groups in total. The number of sulfonamides is 1. The second kappa shape index (κ2) is 9.15. The molecule has 0 heterocycles. The highest BCUT2D eigenvalue weighted by Gasteiger charge is 2.22. The van der Waals surface area contributed by atoms with Crippen molar-refractivity contribution >= 4 is 21.6 Å². The number of hydrogen-bond donors (Lipinski definition) is 1. The molecule has 0 aromatic heterocycles. The van der Waals surface area contributed by atoms with Gasteiger partial charge in [-0.2, -0.15) is 0 Å². The van der Waals surface area contributed by atoms with E-state index < -0.39 is 21.0 Å². The standard InChI is InChI=1S/C20H25N3O5S/c1-5-14(2)21-29(27,28)19-11-9-16(10-12-19)20(24)22(4)15(3)17-7-6-8-18(13-17)23(25)26/h6-15,21H,5H2,1-4H3/t14-,15+/m1/s1. The van der Waals surface area contributed by atoms with Crippen molar-refractivity contribution in [3.63, 3.8) is 0 Å². The molecule has 0 aliphatic carbocycles. The minimum atomic E-state index is -3.65. The van der Waals surface area contributed by atoms with Gasteiger partial charge in [-0.3, -0.25) is 14.9 Å². The lowest BCUT2D eigenvalue weighted by Gasteiger charge is -2.25. The van der Waals surface area contributed by atoms with Gasteiger partial charge < -0.3 is 4.90 Å².